The molecule has 52 valence electrons. The second-order valence-corrected chi connectivity index (χ2v) is 1.43. The first-order valence-electron chi connectivity index (χ1n) is 2.41. The third kappa shape index (κ3) is 4.60. The Bertz CT molecular complexity index is 131. The number of nitrogens with one attached hydrogen (secondary N) is 1. The smallest absolute Gasteiger partial charge is 0.236 e. The number of amides is 1. The molecule has 0 aliphatic heterocycles. The SMILES string of the molecule is CN=C(N)NCC(N)=O. The van der Waals surface area contributed by atoms with Gasteiger partial charge < -0.3 is 16.8 Å². The van der Waals surface area contributed by atoms with Gasteiger partial charge in [0, 0.05) is 7.05 Å². The summed E-state index contributed by atoms with van der Waals surface area (Å²) in [6.07, 6.45) is 0. The summed E-state index contributed by atoms with van der Waals surface area (Å²) in [5.41, 5.74) is 9.94. The van der Waals surface area contributed by atoms with E-state index < -0.39 is 5.91 Å². The minimum Gasteiger partial charge on any atom is -0.370 e. The largest absolute Gasteiger partial charge is 0.370 e. The molecule has 0 saturated carbocycles. The Hall–Kier alpha value is -1.26. The van der Waals surface area contributed by atoms with Crippen molar-refractivity contribution in [2.45, 2.75) is 0 Å². The Labute approximate surface area is 53.1 Å². The maximum atomic E-state index is 10.1. The van der Waals surface area contributed by atoms with E-state index in [4.69, 9.17) is 11.5 Å². The quantitative estimate of drug-likeness (QED) is 0.298. The highest BCUT2D eigenvalue weighted by Gasteiger charge is 1.91. The third-order valence-corrected chi connectivity index (χ3v) is 0.685. The van der Waals surface area contributed by atoms with E-state index in [1.165, 1.54) is 7.05 Å². The zero-order valence-corrected chi connectivity index (χ0v) is 5.22. The Morgan fingerprint density at radius 1 is 1.67 bits per heavy atom. The van der Waals surface area contributed by atoms with Gasteiger partial charge in [-0.1, -0.05) is 0 Å². The summed E-state index contributed by atoms with van der Waals surface area (Å²) < 4.78 is 0. The first-order valence-corrected chi connectivity index (χ1v) is 2.41. The van der Waals surface area contributed by atoms with Crippen molar-refractivity contribution in [3.63, 3.8) is 0 Å². The van der Waals surface area contributed by atoms with Gasteiger partial charge in [0.05, 0.1) is 6.54 Å². The average molecular weight is 130 g/mol. The number of rotatable bonds is 2. The lowest BCUT2D eigenvalue weighted by Crippen LogP contribution is -2.37. The van der Waals surface area contributed by atoms with Crippen LogP contribution >= 0.6 is 0 Å². The number of carbonyl (C=O) groups excluding carboxylic acids is 1. The fourth-order valence-electron chi connectivity index (χ4n) is 0.257. The molecule has 5 N–H and O–H groups in total. The number of carbonyl (C=O) groups is 1. The maximum Gasteiger partial charge on any atom is 0.236 e. The molecule has 0 aromatic heterocycles. The van der Waals surface area contributed by atoms with Crippen molar-refractivity contribution in [1.29, 1.82) is 0 Å². The van der Waals surface area contributed by atoms with Crippen molar-refractivity contribution < 1.29 is 4.79 Å². The molecule has 0 bridgehead atoms. The molecule has 5 heteroatoms. The van der Waals surface area contributed by atoms with Crippen LogP contribution in [0.15, 0.2) is 4.99 Å². The van der Waals surface area contributed by atoms with Gasteiger partial charge in [0.2, 0.25) is 5.91 Å². The van der Waals surface area contributed by atoms with Gasteiger partial charge in [-0.15, -0.1) is 0 Å². The summed E-state index contributed by atoms with van der Waals surface area (Å²) in [6, 6.07) is 0. The Balaban J connectivity index is 3.39. The lowest BCUT2D eigenvalue weighted by molar-refractivity contribution is -0.116. The fourth-order valence-corrected chi connectivity index (χ4v) is 0.257. The molecule has 0 radical (unpaired) electrons. The van der Waals surface area contributed by atoms with Crippen LogP contribution in [0.3, 0.4) is 0 Å². The number of primary amides is 1. The third-order valence-electron chi connectivity index (χ3n) is 0.685. The summed E-state index contributed by atoms with van der Waals surface area (Å²) in [7, 11) is 1.52. The molecule has 0 aliphatic rings. The normalized spacial score (nSPS) is 11.0. The van der Waals surface area contributed by atoms with Crippen LogP contribution in [0, 0.1) is 0 Å². The number of hydrogen-bond acceptors (Lipinski definition) is 2. The van der Waals surface area contributed by atoms with E-state index in [9.17, 15) is 4.79 Å². The lowest BCUT2D eigenvalue weighted by atomic mass is 10.6. The van der Waals surface area contributed by atoms with Crippen LogP contribution in [0.5, 0.6) is 0 Å². The van der Waals surface area contributed by atoms with Crippen molar-refractivity contribution in [2.24, 2.45) is 16.5 Å². The van der Waals surface area contributed by atoms with Gasteiger partial charge in [0.25, 0.3) is 0 Å². The fraction of sp³-hybridized carbons (Fsp3) is 0.500. The van der Waals surface area contributed by atoms with Crippen molar-refractivity contribution in [3.05, 3.63) is 0 Å². The summed E-state index contributed by atoms with van der Waals surface area (Å²) in [4.78, 5) is 13.6. The molecular weight excluding hydrogens is 120 g/mol. The predicted molar refractivity (Wildman–Crippen MR) is 34.7 cm³/mol. The summed E-state index contributed by atoms with van der Waals surface area (Å²) in [5, 5.41) is 2.48. The second kappa shape index (κ2) is 3.71. The molecule has 0 spiro atoms. The van der Waals surface area contributed by atoms with Crippen LogP contribution in [0.4, 0.5) is 0 Å². The van der Waals surface area contributed by atoms with E-state index in [2.05, 4.69) is 10.3 Å². The van der Waals surface area contributed by atoms with E-state index in [1.807, 2.05) is 0 Å². The topological polar surface area (TPSA) is 93.5 Å². The van der Waals surface area contributed by atoms with Crippen LogP contribution < -0.4 is 16.8 Å². The van der Waals surface area contributed by atoms with Gasteiger partial charge in [-0.05, 0) is 0 Å². The van der Waals surface area contributed by atoms with Gasteiger partial charge in [0.15, 0.2) is 5.96 Å². The molecule has 0 rings (SSSR count). The molecule has 0 atom stereocenters. The summed E-state index contributed by atoms with van der Waals surface area (Å²) in [5.74, 6) is -0.240. The molecule has 0 heterocycles. The van der Waals surface area contributed by atoms with Crippen molar-refractivity contribution in [3.8, 4) is 0 Å². The average Bonchev–Trinajstić information content (AvgIpc) is 1.83. The van der Waals surface area contributed by atoms with Crippen LogP contribution in [-0.2, 0) is 4.79 Å². The Morgan fingerprint density at radius 3 is 2.56 bits per heavy atom. The number of guanidine groups is 1. The van der Waals surface area contributed by atoms with Gasteiger partial charge >= 0.3 is 0 Å². The minimum atomic E-state index is -0.457. The number of aliphatic imine (C=N–C) groups is 1. The zero-order valence-electron chi connectivity index (χ0n) is 5.22. The van der Waals surface area contributed by atoms with Crippen LogP contribution in [0.1, 0.15) is 0 Å². The Kier molecular flexibility index (Phi) is 3.19. The minimum absolute atomic E-state index is 0.0309. The van der Waals surface area contributed by atoms with Crippen LogP contribution in [0.25, 0.3) is 0 Å². The van der Waals surface area contributed by atoms with E-state index in [-0.39, 0.29) is 12.5 Å². The molecule has 0 unspecified atom stereocenters. The molecule has 5 nitrogen and oxygen atoms in total. The van der Waals surface area contributed by atoms with E-state index >= 15 is 0 Å². The summed E-state index contributed by atoms with van der Waals surface area (Å²) >= 11 is 0. The molecular formula is C4H10N4O. The standard InChI is InChI=1S/C4H10N4O/c1-7-4(6)8-2-3(5)9/h2H2,1H3,(H2,5,9)(H3,6,7,8). The van der Waals surface area contributed by atoms with Crippen molar-refractivity contribution in [2.75, 3.05) is 13.6 Å². The number of nitrogens with two attached hydrogens (primary N) is 2. The highest BCUT2D eigenvalue weighted by Crippen LogP contribution is 1.57. The lowest BCUT2D eigenvalue weighted by Gasteiger charge is -1.98. The van der Waals surface area contributed by atoms with Crippen LogP contribution in [-0.4, -0.2) is 25.5 Å². The highest BCUT2D eigenvalue weighted by atomic mass is 16.1. The highest BCUT2D eigenvalue weighted by molar-refractivity contribution is 5.84. The number of hydrogen-bond donors (Lipinski definition) is 3. The molecule has 0 saturated heterocycles. The van der Waals surface area contributed by atoms with Gasteiger partial charge in [-0.3, -0.25) is 9.79 Å². The van der Waals surface area contributed by atoms with E-state index in [1.54, 1.807) is 0 Å². The molecule has 0 aliphatic carbocycles. The van der Waals surface area contributed by atoms with Gasteiger partial charge in [0.1, 0.15) is 0 Å². The second-order valence-electron chi connectivity index (χ2n) is 1.43. The van der Waals surface area contributed by atoms with Crippen molar-refractivity contribution in [1.82, 2.24) is 5.32 Å². The summed E-state index contributed by atoms with van der Waals surface area (Å²) in [6.45, 7) is 0.0309. The molecule has 1 amide bonds. The van der Waals surface area contributed by atoms with Gasteiger partial charge in [-0.25, -0.2) is 0 Å². The molecule has 0 aromatic rings. The van der Waals surface area contributed by atoms with E-state index in [0.29, 0.717) is 0 Å². The molecule has 9 heavy (non-hydrogen) atoms. The Morgan fingerprint density at radius 2 is 2.22 bits per heavy atom. The van der Waals surface area contributed by atoms with Gasteiger partial charge in [-0.2, -0.15) is 0 Å². The first kappa shape index (κ1) is 7.74. The first-order chi connectivity index (χ1) is 4.16. The molecule has 0 aromatic carbocycles. The van der Waals surface area contributed by atoms with Crippen LogP contribution in [0.2, 0.25) is 0 Å². The zero-order chi connectivity index (χ0) is 7.28. The predicted octanol–water partition coefficient (Wildman–Crippen LogP) is -1.99. The van der Waals surface area contributed by atoms with E-state index in [0.717, 1.165) is 0 Å². The number of nitrogens with zero attached hydrogens (tertiary/aromatic N) is 1. The maximum absolute atomic E-state index is 10.1. The van der Waals surface area contributed by atoms with Crippen molar-refractivity contribution >= 4 is 11.9 Å². The monoisotopic (exact) mass is 130 g/mol. The molecule has 0 fully saturated rings.